The van der Waals surface area contributed by atoms with Gasteiger partial charge in [0.15, 0.2) is 5.82 Å². The quantitative estimate of drug-likeness (QED) is 0.179. The van der Waals surface area contributed by atoms with Crippen LogP contribution in [0.3, 0.4) is 0 Å². The van der Waals surface area contributed by atoms with E-state index in [2.05, 4.69) is 10.6 Å². The number of carbonyl (C=O) groups excluding carboxylic acids is 4. The molecule has 4 amide bonds. The van der Waals surface area contributed by atoms with E-state index >= 15 is 4.39 Å². The minimum Gasteiger partial charge on any atom is -0.487 e. The SMILES string of the molecule is Cc1cc(CC(=O)Nc2ccc3c(F)c(N4CC(=O)NS4(=O)=O)c(OCc4ccccc4)cc3c2)ccc1-c1ccc2c(c1)n(C)c(=O)n2C1CCC(=O)NC1=O. The second-order valence-electron chi connectivity index (χ2n) is 14.0. The van der Waals surface area contributed by atoms with Gasteiger partial charge in [0, 0.05) is 24.5 Å². The molecule has 0 saturated carbocycles. The Morgan fingerprint density at radius 2 is 1.70 bits per heavy atom. The van der Waals surface area contributed by atoms with E-state index in [0.29, 0.717) is 26.4 Å². The van der Waals surface area contributed by atoms with E-state index in [1.165, 1.54) is 27.3 Å². The van der Waals surface area contributed by atoms with Gasteiger partial charge in [-0.15, -0.1) is 0 Å². The van der Waals surface area contributed by atoms with Crippen molar-refractivity contribution in [3.63, 3.8) is 0 Å². The standard InChI is InChI=1S/C41H35FN6O8S/c1-23-16-25(8-11-29(23)26-9-13-31-33(19-26)46(2)41(53)48(31)32-14-15-35(49)44-40(32)52)17-36(50)43-28-10-12-30-27(18-28)20-34(56-22-24-6-4-3-5-7-24)39(38(30)42)47-21-37(51)45-57(47,54)55/h3-13,16,18-20,32H,14-15,17,21-22H2,1-2H3,(H,43,50)(H,45,51)(H,44,49,52). The van der Waals surface area contributed by atoms with Gasteiger partial charge >= 0.3 is 15.9 Å². The van der Waals surface area contributed by atoms with Crippen LogP contribution in [0.5, 0.6) is 5.75 Å². The summed E-state index contributed by atoms with van der Waals surface area (Å²) in [6, 6.07) is 25.4. The lowest BCUT2D eigenvalue weighted by Crippen LogP contribution is -2.44. The fourth-order valence-corrected chi connectivity index (χ4v) is 8.60. The molecule has 57 heavy (non-hydrogen) atoms. The molecule has 8 rings (SSSR count). The third-order valence-corrected chi connectivity index (χ3v) is 11.6. The van der Waals surface area contributed by atoms with Crippen LogP contribution < -0.4 is 30.1 Å². The Balaban J connectivity index is 1.02. The fourth-order valence-electron chi connectivity index (χ4n) is 7.44. The lowest BCUT2D eigenvalue weighted by molar-refractivity contribution is -0.135. The number of imide groups is 1. The van der Waals surface area contributed by atoms with Crippen LogP contribution in [0.1, 0.15) is 35.6 Å². The van der Waals surface area contributed by atoms with Gasteiger partial charge in [-0.2, -0.15) is 8.42 Å². The molecule has 16 heteroatoms. The van der Waals surface area contributed by atoms with Crippen molar-refractivity contribution in [2.45, 2.75) is 38.8 Å². The zero-order chi connectivity index (χ0) is 40.2. The average molecular weight is 791 g/mol. The van der Waals surface area contributed by atoms with E-state index < -0.39 is 46.1 Å². The van der Waals surface area contributed by atoms with Gasteiger partial charge < -0.3 is 10.1 Å². The van der Waals surface area contributed by atoms with Crippen LogP contribution in [0.25, 0.3) is 32.9 Å². The number of carbonyl (C=O) groups is 4. The van der Waals surface area contributed by atoms with Crippen LogP contribution in [-0.4, -0.2) is 47.7 Å². The Morgan fingerprint density at radius 3 is 2.42 bits per heavy atom. The number of halogens is 1. The number of piperidine rings is 1. The molecule has 6 aromatic rings. The Hall–Kier alpha value is -6.81. The van der Waals surface area contributed by atoms with Crippen LogP contribution in [0, 0.1) is 12.7 Å². The number of anilines is 2. The maximum absolute atomic E-state index is 16.2. The number of imidazole rings is 1. The molecule has 2 aliphatic heterocycles. The number of benzene rings is 5. The van der Waals surface area contributed by atoms with Gasteiger partial charge in [0.25, 0.3) is 5.91 Å². The van der Waals surface area contributed by atoms with Crippen molar-refractivity contribution in [3.05, 3.63) is 124 Å². The maximum Gasteiger partial charge on any atom is 0.329 e. The first-order chi connectivity index (χ1) is 27.3. The van der Waals surface area contributed by atoms with Gasteiger partial charge in [-0.05, 0) is 82.9 Å². The highest BCUT2D eigenvalue weighted by Gasteiger charge is 2.38. The van der Waals surface area contributed by atoms with Crippen molar-refractivity contribution in [3.8, 4) is 16.9 Å². The predicted molar refractivity (Wildman–Crippen MR) is 210 cm³/mol. The molecule has 0 aliphatic carbocycles. The lowest BCUT2D eigenvalue weighted by atomic mass is 9.97. The molecule has 3 heterocycles. The van der Waals surface area contributed by atoms with E-state index in [4.69, 9.17) is 4.74 Å². The Morgan fingerprint density at radius 1 is 0.912 bits per heavy atom. The molecule has 2 aliphatic rings. The van der Waals surface area contributed by atoms with Crippen molar-refractivity contribution in [2.24, 2.45) is 7.05 Å². The second kappa shape index (κ2) is 14.4. The second-order valence-corrected chi connectivity index (χ2v) is 15.6. The molecule has 290 valence electrons. The number of nitrogens with zero attached hydrogens (tertiary/aromatic N) is 3. The highest BCUT2D eigenvalue weighted by Crippen LogP contribution is 2.40. The van der Waals surface area contributed by atoms with Gasteiger partial charge in [0.2, 0.25) is 17.7 Å². The van der Waals surface area contributed by atoms with Crippen LogP contribution in [-0.2, 0) is 49.5 Å². The smallest absolute Gasteiger partial charge is 0.329 e. The normalized spacial score (nSPS) is 16.5. The molecule has 1 atom stereocenters. The maximum atomic E-state index is 16.2. The summed E-state index contributed by atoms with van der Waals surface area (Å²) >= 11 is 0. The molecule has 1 unspecified atom stereocenters. The number of ether oxygens (including phenoxy) is 1. The van der Waals surface area contributed by atoms with Gasteiger partial charge in [-0.25, -0.2) is 18.2 Å². The number of rotatable bonds is 9. The molecule has 0 radical (unpaired) electrons. The molecule has 0 bridgehead atoms. The van der Waals surface area contributed by atoms with Crippen molar-refractivity contribution < 1.29 is 36.7 Å². The highest BCUT2D eigenvalue weighted by molar-refractivity contribution is 7.92. The number of nitrogens with one attached hydrogen (secondary N) is 3. The highest BCUT2D eigenvalue weighted by atomic mass is 32.2. The topological polar surface area (TPSA) is 178 Å². The molecular formula is C41H35FN6O8S. The minimum atomic E-state index is -4.36. The van der Waals surface area contributed by atoms with E-state index in [0.717, 1.165) is 27.8 Å². The largest absolute Gasteiger partial charge is 0.487 e. The molecule has 2 fully saturated rings. The van der Waals surface area contributed by atoms with Gasteiger partial charge in [-0.1, -0.05) is 54.6 Å². The third-order valence-electron chi connectivity index (χ3n) is 10.2. The summed E-state index contributed by atoms with van der Waals surface area (Å²) < 4.78 is 53.1. The summed E-state index contributed by atoms with van der Waals surface area (Å²) in [7, 11) is -2.72. The summed E-state index contributed by atoms with van der Waals surface area (Å²) in [5, 5.41) is 5.56. The molecule has 1 aromatic heterocycles. The summed E-state index contributed by atoms with van der Waals surface area (Å²) in [5.74, 6) is -3.01. The van der Waals surface area contributed by atoms with E-state index in [1.54, 1.807) is 43.4 Å². The fraction of sp³-hybridized carbons (Fsp3) is 0.195. The molecule has 5 aromatic carbocycles. The van der Waals surface area contributed by atoms with Crippen molar-refractivity contribution in [1.82, 2.24) is 19.2 Å². The average Bonchev–Trinajstić information content (AvgIpc) is 3.58. The van der Waals surface area contributed by atoms with Gasteiger partial charge in [0.1, 0.15) is 30.6 Å². The molecule has 14 nitrogen and oxygen atoms in total. The predicted octanol–water partition coefficient (Wildman–Crippen LogP) is 4.53. The molecule has 2 saturated heterocycles. The summed E-state index contributed by atoms with van der Waals surface area (Å²) in [4.78, 5) is 62.9. The minimum absolute atomic E-state index is 0.00492. The zero-order valence-corrected chi connectivity index (χ0v) is 31.5. The van der Waals surface area contributed by atoms with Crippen molar-refractivity contribution in [2.75, 3.05) is 16.2 Å². The van der Waals surface area contributed by atoms with Crippen LogP contribution in [0.2, 0.25) is 0 Å². The first-order valence-electron chi connectivity index (χ1n) is 18.0. The monoisotopic (exact) mass is 790 g/mol. The number of amides is 4. The Kier molecular flexibility index (Phi) is 9.35. The number of aromatic nitrogens is 2. The molecule has 0 spiro atoms. The van der Waals surface area contributed by atoms with Crippen molar-refractivity contribution in [1.29, 1.82) is 0 Å². The first kappa shape index (κ1) is 37.1. The Labute approximate surface area is 325 Å². The number of hydrogen-bond acceptors (Lipinski definition) is 8. The summed E-state index contributed by atoms with van der Waals surface area (Å²) in [5.41, 5.74) is 4.88. The number of aryl methyl sites for hydroxylation is 2. The van der Waals surface area contributed by atoms with E-state index in [-0.39, 0.29) is 54.5 Å². The van der Waals surface area contributed by atoms with Gasteiger partial charge in [0.05, 0.1) is 17.5 Å². The summed E-state index contributed by atoms with van der Waals surface area (Å²) in [6.07, 6.45) is 0.405. The number of hydrogen-bond donors (Lipinski definition) is 3. The van der Waals surface area contributed by atoms with Crippen LogP contribution in [0.15, 0.2) is 95.8 Å². The third kappa shape index (κ3) is 6.99. The van der Waals surface area contributed by atoms with Crippen LogP contribution in [0.4, 0.5) is 15.8 Å². The van der Waals surface area contributed by atoms with E-state index in [9.17, 15) is 32.4 Å². The Bertz CT molecular complexity index is 2850. The zero-order valence-electron chi connectivity index (χ0n) is 30.7. The summed E-state index contributed by atoms with van der Waals surface area (Å²) in [6.45, 7) is 1.30. The lowest BCUT2D eigenvalue weighted by Gasteiger charge is -2.22. The number of fused-ring (bicyclic) bond motifs is 2. The van der Waals surface area contributed by atoms with E-state index in [1.807, 2.05) is 48.0 Å². The molecular weight excluding hydrogens is 756 g/mol. The van der Waals surface area contributed by atoms with Gasteiger partial charge in [-0.3, -0.25) is 33.6 Å². The van der Waals surface area contributed by atoms with Crippen molar-refractivity contribution >= 4 is 67.0 Å². The first-order valence-corrected chi connectivity index (χ1v) is 19.4. The van der Waals surface area contributed by atoms with Crippen LogP contribution >= 0.6 is 0 Å². The molecule has 3 N–H and O–H groups in total.